The zero-order chi connectivity index (χ0) is 26.1. The molecule has 0 aliphatic rings. The van der Waals surface area contributed by atoms with Gasteiger partial charge in [0.05, 0.1) is 6.54 Å². The van der Waals surface area contributed by atoms with Crippen molar-refractivity contribution in [2.75, 3.05) is 35.3 Å². The number of amides is 4. The van der Waals surface area contributed by atoms with Gasteiger partial charge in [0.25, 0.3) is 10.1 Å². The second-order valence-electron chi connectivity index (χ2n) is 7.84. The number of hydrogen-bond acceptors (Lipinski definition) is 5. The van der Waals surface area contributed by atoms with E-state index < -0.39 is 34.4 Å². The molecule has 3 aromatic carbocycles. The molecule has 3 N–H and O–H groups in total. The summed E-state index contributed by atoms with van der Waals surface area (Å²) in [4.78, 5) is 41.0. The van der Waals surface area contributed by atoms with E-state index in [1.165, 1.54) is 34.1 Å². The number of urea groups is 1. The maximum atomic E-state index is 13.0. The summed E-state index contributed by atoms with van der Waals surface area (Å²) in [6, 6.07) is 22.9. The molecule has 10 nitrogen and oxygen atoms in total. The van der Waals surface area contributed by atoms with E-state index in [2.05, 4.69) is 10.6 Å². The number of benzene rings is 3. The van der Waals surface area contributed by atoms with Crippen molar-refractivity contribution in [3.8, 4) is 0 Å². The molecule has 0 radical (unpaired) electrons. The van der Waals surface area contributed by atoms with E-state index in [0.29, 0.717) is 11.4 Å². The molecular weight excluding hydrogens is 523 g/mol. The second-order valence-corrected chi connectivity index (χ2v) is 9.29. The first kappa shape index (κ1) is 30.6. The van der Waals surface area contributed by atoms with E-state index >= 15 is 0 Å². The molecule has 3 aromatic rings. The Balaban J connectivity index is 0.00000481. The molecule has 3 rings (SSSR count). The maximum absolute atomic E-state index is 13.0. The summed E-state index contributed by atoms with van der Waals surface area (Å²) in [7, 11) is -2.61. The van der Waals surface area contributed by atoms with Gasteiger partial charge in [-0.3, -0.25) is 14.1 Å². The monoisotopic (exact) mass is 550 g/mol. The summed E-state index contributed by atoms with van der Waals surface area (Å²) in [5.41, 5.74) is 1.73. The predicted molar refractivity (Wildman–Crippen MR) is 145 cm³/mol. The molecule has 12 heteroatoms. The van der Waals surface area contributed by atoms with Gasteiger partial charge in [0.1, 0.15) is 12.3 Å². The van der Waals surface area contributed by atoms with Gasteiger partial charge in [0.15, 0.2) is 0 Å². The summed E-state index contributed by atoms with van der Waals surface area (Å²) < 4.78 is 31.2. The van der Waals surface area contributed by atoms with Gasteiger partial charge in [0, 0.05) is 24.1 Å². The van der Waals surface area contributed by atoms with E-state index in [1.54, 1.807) is 61.6 Å². The number of carbonyl (C=O) groups excluding carboxylic acids is 3. The molecule has 0 aromatic heterocycles. The minimum atomic E-state index is -4.22. The fraction of sp³-hybridized carbons (Fsp3) is 0.160. The van der Waals surface area contributed by atoms with Gasteiger partial charge in [-0.2, -0.15) is 8.42 Å². The zero-order valence-electron chi connectivity index (χ0n) is 19.5. The van der Waals surface area contributed by atoms with Gasteiger partial charge < -0.3 is 20.4 Å². The van der Waals surface area contributed by atoms with Crippen LogP contribution < -0.4 is 20.4 Å². The normalized spacial score (nSPS) is 10.5. The summed E-state index contributed by atoms with van der Waals surface area (Å²) in [6.45, 7) is -0.636. The third-order valence-electron chi connectivity index (χ3n) is 5.11. The van der Waals surface area contributed by atoms with Crippen LogP contribution in [-0.4, -0.2) is 102 Å². The van der Waals surface area contributed by atoms with Crippen molar-refractivity contribution in [2.24, 2.45) is 0 Å². The van der Waals surface area contributed by atoms with Crippen LogP contribution in [0.3, 0.4) is 0 Å². The van der Waals surface area contributed by atoms with Crippen molar-refractivity contribution < 1.29 is 27.4 Å². The number of likely N-dealkylation sites (N-methyl/N-ethyl adjacent to an activating group) is 1. The molecular formula is C25H27KN4O6S. The molecule has 4 amide bonds. The van der Waals surface area contributed by atoms with E-state index in [4.69, 9.17) is 4.55 Å². The Morgan fingerprint density at radius 3 is 2.03 bits per heavy atom. The van der Waals surface area contributed by atoms with Crippen LogP contribution in [0.1, 0.15) is 5.56 Å². The van der Waals surface area contributed by atoms with Crippen molar-refractivity contribution in [2.45, 2.75) is 5.75 Å². The van der Waals surface area contributed by atoms with Crippen LogP contribution in [-0.2, 0) is 25.5 Å². The minimum absolute atomic E-state index is 0. The number of hydrogen-bond donors (Lipinski definition) is 3. The third-order valence-corrected chi connectivity index (χ3v) is 5.81. The molecule has 37 heavy (non-hydrogen) atoms. The average molecular weight is 551 g/mol. The molecule has 0 atom stereocenters. The number of carbonyl (C=O) groups is 3. The van der Waals surface area contributed by atoms with Gasteiger partial charge in [0.2, 0.25) is 11.8 Å². The van der Waals surface area contributed by atoms with Gasteiger partial charge in [-0.1, -0.05) is 48.5 Å². The van der Waals surface area contributed by atoms with Crippen molar-refractivity contribution in [1.82, 2.24) is 5.32 Å². The van der Waals surface area contributed by atoms with Crippen LogP contribution in [0, 0.1) is 0 Å². The Morgan fingerprint density at radius 2 is 1.43 bits per heavy atom. The number of nitrogens with zero attached hydrogens (tertiary/aromatic N) is 2. The topological polar surface area (TPSA) is 136 Å². The Hall–Kier alpha value is -2.58. The summed E-state index contributed by atoms with van der Waals surface area (Å²) in [5, 5.41) is 4.96. The van der Waals surface area contributed by atoms with E-state index in [0.717, 1.165) is 0 Å². The molecule has 0 heterocycles. The van der Waals surface area contributed by atoms with Gasteiger partial charge >= 0.3 is 57.4 Å². The summed E-state index contributed by atoms with van der Waals surface area (Å²) in [6.07, 6.45) is 0. The predicted octanol–water partition coefficient (Wildman–Crippen LogP) is 2.24. The molecule has 0 saturated heterocycles. The fourth-order valence-electron chi connectivity index (χ4n) is 3.34. The Morgan fingerprint density at radius 1 is 0.838 bits per heavy atom. The molecule has 0 saturated carbocycles. The standard InChI is InChI=1S/C25H26N4O6S.K.H/c1-28(21-11-4-2-5-12-21)24(31)17-29(22-13-6-3-7-14-22)23(30)16-26-25(32)27-20-10-8-9-19(15-20)18-36(33,34)35;;/h2-15H,16-18H2,1H3,(H2,26,27,32)(H,33,34,35);;. The van der Waals surface area contributed by atoms with Crippen LogP contribution in [0.2, 0.25) is 0 Å². The second kappa shape index (κ2) is 14.4. The van der Waals surface area contributed by atoms with Gasteiger partial charge in [-0.25, -0.2) is 4.79 Å². The first-order valence-corrected chi connectivity index (χ1v) is 12.5. The van der Waals surface area contributed by atoms with Crippen LogP contribution in [0.15, 0.2) is 84.9 Å². The first-order chi connectivity index (χ1) is 17.1. The van der Waals surface area contributed by atoms with Gasteiger partial charge in [-0.15, -0.1) is 0 Å². The van der Waals surface area contributed by atoms with Crippen molar-refractivity contribution in [3.05, 3.63) is 90.5 Å². The summed E-state index contributed by atoms with van der Waals surface area (Å²) in [5.74, 6) is -1.43. The zero-order valence-corrected chi connectivity index (χ0v) is 20.3. The number of anilines is 3. The van der Waals surface area contributed by atoms with Crippen LogP contribution >= 0.6 is 0 Å². The molecule has 0 bridgehead atoms. The number of rotatable bonds is 9. The number of para-hydroxylation sites is 2. The van der Waals surface area contributed by atoms with E-state index in [-0.39, 0.29) is 75.1 Å². The van der Waals surface area contributed by atoms with Crippen LogP contribution in [0.25, 0.3) is 0 Å². The quantitative estimate of drug-likeness (QED) is 0.276. The molecule has 0 aliphatic carbocycles. The first-order valence-electron chi connectivity index (χ1n) is 10.9. The van der Waals surface area contributed by atoms with Crippen molar-refractivity contribution in [1.29, 1.82) is 0 Å². The molecule has 0 spiro atoms. The van der Waals surface area contributed by atoms with Crippen LogP contribution in [0.5, 0.6) is 0 Å². The van der Waals surface area contributed by atoms with Crippen molar-refractivity contribution >= 4 is 96.4 Å². The Kier molecular flexibility index (Phi) is 11.9. The summed E-state index contributed by atoms with van der Waals surface area (Å²) >= 11 is 0. The average Bonchev–Trinajstić information content (AvgIpc) is 2.85. The number of nitrogens with one attached hydrogen (secondary N) is 2. The van der Waals surface area contributed by atoms with Gasteiger partial charge in [-0.05, 0) is 42.0 Å². The van der Waals surface area contributed by atoms with Crippen molar-refractivity contribution in [3.63, 3.8) is 0 Å². The molecule has 0 unspecified atom stereocenters. The van der Waals surface area contributed by atoms with Crippen LogP contribution in [0.4, 0.5) is 21.9 Å². The molecule has 190 valence electrons. The Bertz CT molecular complexity index is 1320. The molecule has 0 fully saturated rings. The van der Waals surface area contributed by atoms with E-state index in [1.807, 2.05) is 6.07 Å². The molecule has 0 aliphatic heterocycles. The fourth-order valence-corrected chi connectivity index (χ4v) is 3.95. The third kappa shape index (κ3) is 10.0. The van der Waals surface area contributed by atoms with E-state index in [9.17, 15) is 22.8 Å². The SMILES string of the molecule is CN(C(=O)CN(C(=O)CNC(=O)Nc1cccc(CS(=O)(=O)O)c1)c1ccccc1)c1ccccc1.[KH]. The Labute approximate surface area is 258 Å².